The van der Waals surface area contributed by atoms with Crippen LogP contribution in [0.1, 0.15) is 24.1 Å². The fraction of sp³-hybridized carbons (Fsp3) is 0.269. The molecule has 0 amide bonds. The van der Waals surface area contributed by atoms with Gasteiger partial charge in [0.15, 0.2) is 0 Å². The summed E-state index contributed by atoms with van der Waals surface area (Å²) in [6.07, 6.45) is 1.09. The number of nitrogens with zero attached hydrogens (tertiary/aromatic N) is 4. The molecule has 0 bridgehead atoms. The van der Waals surface area contributed by atoms with Crippen LogP contribution < -0.4 is 0 Å². The normalized spacial score (nSPS) is 14.8. The van der Waals surface area contributed by atoms with Gasteiger partial charge in [0.2, 0.25) is 10.0 Å². The Balaban J connectivity index is 1.41. The fourth-order valence-corrected chi connectivity index (χ4v) is 5.99. The Bertz CT molecular complexity index is 1570. The van der Waals surface area contributed by atoms with E-state index >= 15 is 0 Å². The quantitative estimate of drug-likeness (QED) is 0.318. The predicted molar refractivity (Wildman–Crippen MR) is 135 cm³/mol. The minimum absolute atomic E-state index is 0.127. The molecule has 204 valence electrons. The lowest BCUT2D eigenvalue weighted by atomic mass is 10.0. The van der Waals surface area contributed by atoms with Gasteiger partial charge in [-0.3, -0.25) is 4.98 Å². The highest BCUT2D eigenvalue weighted by Crippen LogP contribution is 2.30. The van der Waals surface area contributed by atoms with E-state index in [0.29, 0.717) is 35.4 Å². The van der Waals surface area contributed by atoms with Crippen LogP contribution in [-0.4, -0.2) is 58.0 Å². The van der Waals surface area contributed by atoms with E-state index in [1.165, 1.54) is 16.7 Å². The molecule has 13 heteroatoms. The molecule has 0 spiro atoms. The van der Waals surface area contributed by atoms with Crippen molar-refractivity contribution < 1.29 is 31.2 Å². The zero-order chi connectivity index (χ0) is 27.6. The van der Waals surface area contributed by atoms with Gasteiger partial charge in [0.1, 0.15) is 5.65 Å². The Kier molecular flexibility index (Phi) is 7.38. The summed E-state index contributed by atoms with van der Waals surface area (Å²) in [5.74, 6) is -2.33. The van der Waals surface area contributed by atoms with Crippen molar-refractivity contribution >= 4 is 27.0 Å². The van der Waals surface area contributed by atoms with Crippen LogP contribution in [0.25, 0.3) is 22.2 Å². The van der Waals surface area contributed by atoms with Crippen molar-refractivity contribution in [2.24, 2.45) is 0 Å². The highest BCUT2D eigenvalue weighted by atomic mass is 32.2. The van der Waals surface area contributed by atoms with Gasteiger partial charge in [-0.2, -0.15) is 17.5 Å². The molecule has 1 aromatic carbocycles. The van der Waals surface area contributed by atoms with Crippen LogP contribution in [0.2, 0.25) is 0 Å². The van der Waals surface area contributed by atoms with Crippen molar-refractivity contribution in [3.05, 3.63) is 78.4 Å². The van der Waals surface area contributed by atoms with E-state index in [2.05, 4.69) is 19.8 Å². The zero-order valence-electron chi connectivity index (χ0n) is 20.6. The van der Waals surface area contributed by atoms with E-state index in [1.807, 2.05) is 0 Å². The van der Waals surface area contributed by atoms with E-state index in [0.717, 1.165) is 29.0 Å². The fourth-order valence-electron chi connectivity index (χ4n) is 4.48. The lowest BCUT2D eigenvalue weighted by Crippen LogP contribution is -2.34. The summed E-state index contributed by atoms with van der Waals surface area (Å²) in [5, 5.41) is 1.57. The van der Waals surface area contributed by atoms with Crippen LogP contribution in [0.15, 0.2) is 72.0 Å². The molecule has 4 aromatic rings. The first-order valence-corrected chi connectivity index (χ1v) is 13.6. The third kappa shape index (κ3) is 5.95. The molecular formula is C26H24F3N5O4S. The number of hydroxylamine groups is 2. The molecule has 0 radical (unpaired) electrons. The number of rotatable bonds is 8. The number of nitrogens with one attached hydrogen (secondary N) is 1. The van der Waals surface area contributed by atoms with E-state index in [9.17, 15) is 26.4 Å². The van der Waals surface area contributed by atoms with Gasteiger partial charge >= 0.3 is 12.1 Å². The van der Waals surface area contributed by atoms with Crippen LogP contribution in [0, 0.1) is 0 Å². The first kappa shape index (κ1) is 26.8. The second-order valence-corrected chi connectivity index (χ2v) is 11.0. The maximum atomic E-state index is 12.9. The van der Waals surface area contributed by atoms with Crippen molar-refractivity contribution in [2.45, 2.75) is 37.0 Å². The molecule has 1 fully saturated rings. The number of H-pyrrole nitrogens is 1. The summed E-state index contributed by atoms with van der Waals surface area (Å²) < 4.78 is 66.0. The van der Waals surface area contributed by atoms with E-state index in [-0.39, 0.29) is 18.0 Å². The van der Waals surface area contributed by atoms with Crippen molar-refractivity contribution in [3.8, 4) is 11.1 Å². The molecule has 0 unspecified atom stereocenters. The topological polar surface area (TPSA) is 108 Å². The molecule has 3 aromatic heterocycles. The average molecular weight is 560 g/mol. The Morgan fingerprint density at radius 1 is 1.05 bits per heavy atom. The lowest BCUT2D eigenvalue weighted by molar-refractivity contribution is -0.243. The number of benzene rings is 1. The molecule has 1 aliphatic rings. The molecule has 0 saturated carbocycles. The van der Waals surface area contributed by atoms with Gasteiger partial charge < -0.3 is 9.82 Å². The van der Waals surface area contributed by atoms with E-state index in [1.54, 1.807) is 54.7 Å². The number of carbonyl (C=O) groups is 1. The van der Waals surface area contributed by atoms with Gasteiger partial charge in [0.05, 0.1) is 18.0 Å². The van der Waals surface area contributed by atoms with Crippen molar-refractivity contribution in [1.29, 1.82) is 0 Å². The van der Waals surface area contributed by atoms with Gasteiger partial charge in [0.25, 0.3) is 0 Å². The van der Waals surface area contributed by atoms with Crippen LogP contribution in [0.5, 0.6) is 0 Å². The third-order valence-electron chi connectivity index (χ3n) is 6.33. The monoisotopic (exact) mass is 559 g/mol. The van der Waals surface area contributed by atoms with Gasteiger partial charge in [-0.15, -0.1) is 5.06 Å². The largest absolute Gasteiger partial charge is 0.492 e. The summed E-state index contributed by atoms with van der Waals surface area (Å²) in [5.41, 5.74) is 2.96. The Hall–Kier alpha value is -3.81. The number of alkyl halides is 3. The number of halogens is 3. The van der Waals surface area contributed by atoms with Gasteiger partial charge in [-0.25, -0.2) is 18.2 Å². The van der Waals surface area contributed by atoms with Gasteiger partial charge in [0, 0.05) is 42.8 Å². The minimum Gasteiger partial charge on any atom is -0.360 e. The molecule has 1 N–H and O–H groups in total. The number of hydrogen-bond donors (Lipinski definition) is 1. The van der Waals surface area contributed by atoms with Crippen molar-refractivity contribution in [1.82, 2.24) is 24.3 Å². The number of hydrogen-bond acceptors (Lipinski definition) is 7. The number of aromatic nitrogens is 3. The van der Waals surface area contributed by atoms with Crippen LogP contribution in [-0.2, 0) is 32.7 Å². The number of carbonyl (C=O) groups excluding carboxylic acids is 1. The minimum atomic E-state index is -5.16. The molecule has 39 heavy (non-hydrogen) atoms. The van der Waals surface area contributed by atoms with E-state index in [4.69, 9.17) is 0 Å². The zero-order valence-corrected chi connectivity index (χ0v) is 21.4. The first-order chi connectivity index (χ1) is 18.6. The maximum absolute atomic E-state index is 12.9. The summed E-state index contributed by atoms with van der Waals surface area (Å²) in [6.45, 7) is 0.715. The molecule has 0 atom stereocenters. The smallest absolute Gasteiger partial charge is 0.360 e. The standard InChI is InChI=1S/C26H24F3N5O4S/c27-26(28,29)25(35)38-33(16-18-4-3-10-30-15-18)17-20-14-23-22(9-11-31-24(23)32-20)19-5-7-21(8-6-19)39(36,37)34-12-1-2-13-34/h3-11,14-15H,1-2,12-13,16-17H2,(H,31,32). The second kappa shape index (κ2) is 10.8. The molecular weight excluding hydrogens is 535 g/mol. The highest BCUT2D eigenvalue weighted by molar-refractivity contribution is 7.89. The van der Waals surface area contributed by atoms with Crippen molar-refractivity contribution in [3.63, 3.8) is 0 Å². The van der Waals surface area contributed by atoms with Crippen LogP contribution in [0.3, 0.4) is 0 Å². The summed E-state index contributed by atoms with van der Waals surface area (Å²) in [7, 11) is -3.55. The predicted octanol–water partition coefficient (Wildman–Crippen LogP) is 4.43. The Morgan fingerprint density at radius 3 is 2.46 bits per heavy atom. The molecule has 1 aliphatic heterocycles. The Morgan fingerprint density at radius 2 is 1.79 bits per heavy atom. The number of pyridine rings is 2. The molecule has 9 nitrogen and oxygen atoms in total. The molecule has 4 heterocycles. The van der Waals surface area contributed by atoms with Gasteiger partial charge in [-0.1, -0.05) is 18.2 Å². The molecule has 0 aliphatic carbocycles. The van der Waals surface area contributed by atoms with Crippen molar-refractivity contribution in [2.75, 3.05) is 13.1 Å². The number of aromatic amines is 1. The van der Waals surface area contributed by atoms with Crippen LogP contribution in [0.4, 0.5) is 13.2 Å². The summed E-state index contributed by atoms with van der Waals surface area (Å²) in [4.78, 5) is 27.8. The molecule has 5 rings (SSSR count). The van der Waals surface area contributed by atoms with Crippen LogP contribution >= 0.6 is 0 Å². The first-order valence-electron chi connectivity index (χ1n) is 12.1. The number of sulfonamides is 1. The second-order valence-electron chi connectivity index (χ2n) is 9.09. The SMILES string of the molecule is O=C(ON(Cc1cccnc1)Cc1cc2c(-c3ccc(S(=O)(=O)N4CCCC4)cc3)ccnc2[nH]1)C(F)(F)F. The Labute approximate surface area is 222 Å². The summed E-state index contributed by atoms with van der Waals surface area (Å²) in [6, 6.07) is 13.3. The lowest BCUT2D eigenvalue weighted by Gasteiger charge is -2.21. The molecule has 1 saturated heterocycles. The van der Waals surface area contributed by atoms with E-state index < -0.39 is 22.2 Å². The average Bonchev–Trinajstić information content (AvgIpc) is 3.59. The summed E-state index contributed by atoms with van der Waals surface area (Å²) >= 11 is 0. The number of fused-ring (bicyclic) bond motifs is 1. The maximum Gasteiger partial charge on any atom is 0.492 e. The third-order valence-corrected chi connectivity index (χ3v) is 8.24. The highest BCUT2D eigenvalue weighted by Gasteiger charge is 2.42. The van der Waals surface area contributed by atoms with Gasteiger partial charge in [-0.05, 0) is 59.9 Å².